The third-order valence-electron chi connectivity index (χ3n) is 6.05. The number of nitrogens with zero attached hydrogens (tertiary/aromatic N) is 3. The fraction of sp³-hybridized carbons (Fsp3) is 0.600. The molecular formula is C20H27FN4O4. The second-order valence-electron chi connectivity index (χ2n) is 7.81. The molecule has 8 nitrogen and oxygen atoms in total. The van der Waals surface area contributed by atoms with Crippen LogP contribution in [-0.2, 0) is 9.53 Å². The number of morpholine rings is 1. The van der Waals surface area contributed by atoms with Crippen molar-refractivity contribution < 1.29 is 23.8 Å². The van der Waals surface area contributed by atoms with E-state index in [0.717, 1.165) is 5.56 Å². The van der Waals surface area contributed by atoms with Gasteiger partial charge in [-0.3, -0.25) is 9.69 Å². The van der Waals surface area contributed by atoms with E-state index in [-0.39, 0.29) is 49.2 Å². The van der Waals surface area contributed by atoms with Crippen molar-refractivity contribution in [1.82, 2.24) is 20.0 Å². The minimum absolute atomic E-state index is 0.0189. The van der Waals surface area contributed by atoms with E-state index in [2.05, 4.69) is 10.2 Å². The van der Waals surface area contributed by atoms with Crippen molar-refractivity contribution in [2.45, 2.75) is 24.6 Å². The van der Waals surface area contributed by atoms with E-state index in [1.807, 2.05) is 4.90 Å². The Morgan fingerprint density at radius 1 is 1.17 bits per heavy atom. The summed E-state index contributed by atoms with van der Waals surface area (Å²) in [5, 5.41) is 12.8. The molecule has 3 amide bonds. The van der Waals surface area contributed by atoms with Crippen LogP contribution in [0.15, 0.2) is 24.3 Å². The minimum Gasteiger partial charge on any atom is -0.394 e. The molecular weight excluding hydrogens is 379 g/mol. The number of carbonyl (C=O) groups is 2. The van der Waals surface area contributed by atoms with Gasteiger partial charge in [0.25, 0.3) is 0 Å². The Labute approximate surface area is 169 Å². The predicted molar refractivity (Wildman–Crippen MR) is 103 cm³/mol. The maximum Gasteiger partial charge on any atom is 0.320 e. The lowest BCUT2D eigenvalue weighted by Crippen LogP contribution is -2.63. The molecule has 3 saturated heterocycles. The molecule has 3 aliphatic heterocycles. The number of amides is 3. The maximum atomic E-state index is 13.2. The van der Waals surface area contributed by atoms with Gasteiger partial charge in [-0.05, 0) is 24.1 Å². The molecule has 158 valence electrons. The van der Waals surface area contributed by atoms with Crippen molar-refractivity contribution >= 4 is 11.9 Å². The Morgan fingerprint density at radius 2 is 1.90 bits per heavy atom. The molecule has 0 aromatic heterocycles. The number of urea groups is 1. The molecule has 0 spiro atoms. The molecule has 1 unspecified atom stereocenters. The van der Waals surface area contributed by atoms with Crippen LogP contribution in [0.4, 0.5) is 9.18 Å². The van der Waals surface area contributed by atoms with E-state index < -0.39 is 0 Å². The molecule has 1 aromatic rings. The zero-order valence-electron chi connectivity index (χ0n) is 16.3. The number of piperidine rings is 1. The lowest BCUT2D eigenvalue weighted by molar-refractivity contribution is -0.139. The second kappa shape index (κ2) is 8.64. The molecule has 3 atom stereocenters. The Morgan fingerprint density at radius 3 is 2.59 bits per heavy atom. The van der Waals surface area contributed by atoms with E-state index in [1.54, 1.807) is 17.0 Å². The first kappa shape index (κ1) is 20.1. The number of carbonyl (C=O) groups excluding carboxylic acids is 2. The van der Waals surface area contributed by atoms with Crippen molar-refractivity contribution in [3.05, 3.63) is 35.6 Å². The van der Waals surface area contributed by atoms with Crippen molar-refractivity contribution in [3.63, 3.8) is 0 Å². The number of ether oxygens (including phenoxy) is 1. The molecule has 9 heteroatoms. The largest absolute Gasteiger partial charge is 0.394 e. The first-order valence-corrected chi connectivity index (χ1v) is 10.1. The van der Waals surface area contributed by atoms with Crippen LogP contribution in [0.2, 0.25) is 0 Å². The monoisotopic (exact) mass is 406 g/mol. The number of fused-ring (bicyclic) bond motifs is 1. The number of piperazine rings is 1. The van der Waals surface area contributed by atoms with Crippen LogP contribution < -0.4 is 5.32 Å². The zero-order chi connectivity index (χ0) is 20.4. The van der Waals surface area contributed by atoms with Crippen molar-refractivity contribution in [1.29, 1.82) is 0 Å². The molecule has 0 saturated carbocycles. The predicted octanol–water partition coefficient (Wildman–Crippen LogP) is 0.186. The quantitative estimate of drug-likeness (QED) is 0.749. The SMILES string of the molecule is O=C1CO[C@H]2CCN(C(=O)N3CCN(C(CO)c4ccc(F)cc4)CC3)C[C@H]2N1. The number of rotatable bonds is 3. The number of aliphatic hydroxyl groups excluding tert-OH is 1. The summed E-state index contributed by atoms with van der Waals surface area (Å²) in [6.07, 6.45) is 0.697. The van der Waals surface area contributed by atoms with Crippen LogP contribution >= 0.6 is 0 Å². The fourth-order valence-corrected chi connectivity index (χ4v) is 4.42. The van der Waals surface area contributed by atoms with Crippen LogP contribution in [-0.4, -0.2) is 96.4 Å². The first-order chi connectivity index (χ1) is 14.0. The summed E-state index contributed by atoms with van der Waals surface area (Å²) in [5.41, 5.74) is 0.865. The van der Waals surface area contributed by atoms with E-state index in [1.165, 1.54) is 12.1 Å². The van der Waals surface area contributed by atoms with Crippen LogP contribution in [0.25, 0.3) is 0 Å². The molecule has 2 N–H and O–H groups in total. The molecule has 0 aliphatic carbocycles. The smallest absolute Gasteiger partial charge is 0.320 e. The van der Waals surface area contributed by atoms with Gasteiger partial charge in [-0.2, -0.15) is 0 Å². The van der Waals surface area contributed by atoms with Crippen LogP contribution in [0.3, 0.4) is 0 Å². The van der Waals surface area contributed by atoms with Crippen LogP contribution in [0.5, 0.6) is 0 Å². The second-order valence-corrected chi connectivity index (χ2v) is 7.81. The van der Waals surface area contributed by atoms with Gasteiger partial charge in [-0.15, -0.1) is 0 Å². The average Bonchev–Trinajstić information content (AvgIpc) is 2.75. The van der Waals surface area contributed by atoms with Crippen LogP contribution in [0.1, 0.15) is 18.0 Å². The fourth-order valence-electron chi connectivity index (χ4n) is 4.42. The van der Waals surface area contributed by atoms with Crippen molar-refractivity contribution in [3.8, 4) is 0 Å². The van der Waals surface area contributed by atoms with Gasteiger partial charge >= 0.3 is 6.03 Å². The number of likely N-dealkylation sites (tertiary alicyclic amines) is 1. The number of hydrogen-bond donors (Lipinski definition) is 2. The van der Waals surface area contributed by atoms with Gasteiger partial charge in [-0.25, -0.2) is 9.18 Å². The summed E-state index contributed by atoms with van der Waals surface area (Å²) in [5.74, 6) is -0.436. The Balaban J connectivity index is 1.32. The topological polar surface area (TPSA) is 85.4 Å². The van der Waals surface area contributed by atoms with Crippen molar-refractivity contribution in [2.24, 2.45) is 0 Å². The minimum atomic E-state index is -0.302. The summed E-state index contributed by atoms with van der Waals surface area (Å²) in [4.78, 5) is 30.2. The summed E-state index contributed by atoms with van der Waals surface area (Å²) in [7, 11) is 0. The standard InChI is InChI=1S/C20H27FN4O4/c21-15-3-1-14(2-4-15)17(12-26)23-7-9-24(10-8-23)20(28)25-6-5-18-16(11-25)22-19(27)13-29-18/h1-4,16-18,26H,5-13H2,(H,22,27)/t16-,17?,18+/m1/s1. The lowest BCUT2D eigenvalue weighted by atomic mass is 10.0. The normalized spacial score (nSPS) is 26.6. The number of benzene rings is 1. The Bertz CT molecular complexity index is 739. The molecule has 0 radical (unpaired) electrons. The molecule has 3 heterocycles. The van der Waals surface area contributed by atoms with E-state index in [9.17, 15) is 19.1 Å². The van der Waals surface area contributed by atoms with Crippen LogP contribution in [0, 0.1) is 5.82 Å². The van der Waals surface area contributed by atoms with E-state index in [0.29, 0.717) is 45.7 Å². The molecule has 4 rings (SSSR count). The molecule has 3 aliphatic rings. The zero-order valence-corrected chi connectivity index (χ0v) is 16.3. The molecule has 29 heavy (non-hydrogen) atoms. The highest BCUT2D eigenvalue weighted by Gasteiger charge is 2.38. The third-order valence-corrected chi connectivity index (χ3v) is 6.05. The van der Waals surface area contributed by atoms with E-state index >= 15 is 0 Å². The summed E-state index contributed by atoms with van der Waals surface area (Å²) in [6, 6.07) is 5.80. The average molecular weight is 406 g/mol. The number of nitrogens with one attached hydrogen (secondary N) is 1. The number of hydrogen-bond acceptors (Lipinski definition) is 5. The van der Waals surface area contributed by atoms with Gasteiger partial charge in [-0.1, -0.05) is 12.1 Å². The highest BCUT2D eigenvalue weighted by molar-refractivity contribution is 5.79. The van der Waals surface area contributed by atoms with Gasteiger partial charge < -0.3 is 25.0 Å². The highest BCUT2D eigenvalue weighted by Crippen LogP contribution is 2.23. The van der Waals surface area contributed by atoms with Gasteiger partial charge in [0.15, 0.2) is 0 Å². The number of aliphatic hydroxyl groups is 1. The molecule has 0 bridgehead atoms. The summed E-state index contributed by atoms with van der Waals surface area (Å²) < 4.78 is 18.7. The Hall–Kier alpha value is -2.23. The van der Waals surface area contributed by atoms with Gasteiger partial charge in [0.05, 0.1) is 24.8 Å². The summed E-state index contributed by atoms with van der Waals surface area (Å²) >= 11 is 0. The lowest BCUT2D eigenvalue weighted by Gasteiger charge is -2.44. The van der Waals surface area contributed by atoms with Gasteiger partial charge in [0.2, 0.25) is 5.91 Å². The molecule has 3 fully saturated rings. The number of halogens is 1. The van der Waals surface area contributed by atoms with Gasteiger partial charge in [0, 0.05) is 39.3 Å². The summed E-state index contributed by atoms with van der Waals surface area (Å²) in [6.45, 7) is 3.50. The molecule has 1 aromatic carbocycles. The van der Waals surface area contributed by atoms with E-state index in [4.69, 9.17) is 4.74 Å². The van der Waals surface area contributed by atoms with Gasteiger partial charge in [0.1, 0.15) is 12.4 Å². The third kappa shape index (κ3) is 4.36. The Kier molecular flexibility index (Phi) is 5.98. The highest BCUT2D eigenvalue weighted by atomic mass is 19.1. The van der Waals surface area contributed by atoms with Crippen molar-refractivity contribution in [2.75, 3.05) is 52.5 Å². The first-order valence-electron chi connectivity index (χ1n) is 10.1. The maximum absolute atomic E-state index is 13.2.